The van der Waals surface area contributed by atoms with Gasteiger partial charge in [-0.15, -0.1) is 5.10 Å². The van der Waals surface area contributed by atoms with Gasteiger partial charge in [-0.05, 0) is 36.0 Å². The van der Waals surface area contributed by atoms with Gasteiger partial charge in [0.25, 0.3) is 0 Å². The number of hydrogen-bond donors (Lipinski definition) is 1. The first kappa shape index (κ1) is 16.5. The van der Waals surface area contributed by atoms with E-state index < -0.39 is 0 Å². The molecular formula is C21H23N5. The molecule has 26 heavy (non-hydrogen) atoms. The van der Waals surface area contributed by atoms with Crippen molar-refractivity contribution in [1.29, 1.82) is 0 Å². The monoisotopic (exact) mass is 345 g/mol. The van der Waals surface area contributed by atoms with Gasteiger partial charge in [0.15, 0.2) is 5.82 Å². The van der Waals surface area contributed by atoms with E-state index in [4.69, 9.17) is 0 Å². The molecule has 0 radical (unpaired) electrons. The number of benzene rings is 2. The van der Waals surface area contributed by atoms with E-state index in [2.05, 4.69) is 80.0 Å². The first-order valence-corrected chi connectivity index (χ1v) is 9.18. The van der Waals surface area contributed by atoms with Gasteiger partial charge in [0.05, 0.1) is 6.20 Å². The quantitative estimate of drug-likeness (QED) is 0.693. The lowest BCUT2D eigenvalue weighted by atomic mass is 10.0. The number of anilines is 2. The summed E-state index contributed by atoms with van der Waals surface area (Å²) in [5.41, 5.74) is 4.14. The zero-order valence-corrected chi connectivity index (χ0v) is 14.8. The van der Waals surface area contributed by atoms with Gasteiger partial charge in [0, 0.05) is 19.6 Å². The van der Waals surface area contributed by atoms with Gasteiger partial charge in [0.1, 0.15) is 0 Å². The second kappa shape index (κ2) is 7.95. The predicted molar refractivity (Wildman–Crippen MR) is 104 cm³/mol. The standard InChI is InChI=1S/C21H23N5/c1-2-7-17(8-3-1)9-6-13-22-20-15-23-25-21(24-20)26-14-12-18-10-4-5-11-19(18)16-26/h1-5,7-8,10-11,15H,6,9,12-14,16H2,(H,22,24,25). The molecule has 1 N–H and O–H groups in total. The highest BCUT2D eigenvalue weighted by Crippen LogP contribution is 2.22. The van der Waals surface area contributed by atoms with Crippen molar-refractivity contribution in [2.75, 3.05) is 23.3 Å². The van der Waals surface area contributed by atoms with Gasteiger partial charge in [0.2, 0.25) is 5.95 Å². The minimum atomic E-state index is 0.701. The van der Waals surface area contributed by atoms with E-state index >= 15 is 0 Å². The Balaban J connectivity index is 1.34. The molecule has 132 valence electrons. The summed E-state index contributed by atoms with van der Waals surface area (Å²) in [5, 5.41) is 11.7. The number of rotatable bonds is 6. The van der Waals surface area contributed by atoms with Crippen LogP contribution in [0.15, 0.2) is 60.8 Å². The Labute approximate surface area is 154 Å². The SMILES string of the molecule is c1ccc(CCCNc2cnnc(N3CCc4ccccc4C3)n2)cc1. The van der Waals surface area contributed by atoms with Crippen molar-refractivity contribution in [3.63, 3.8) is 0 Å². The van der Waals surface area contributed by atoms with E-state index in [1.165, 1.54) is 16.7 Å². The maximum absolute atomic E-state index is 4.66. The Morgan fingerprint density at radius 2 is 1.77 bits per heavy atom. The van der Waals surface area contributed by atoms with Crippen molar-refractivity contribution < 1.29 is 0 Å². The van der Waals surface area contributed by atoms with Crippen LogP contribution in [0.3, 0.4) is 0 Å². The average Bonchev–Trinajstić information content (AvgIpc) is 2.72. The number of aromatic nitrogens is 3. The summed E-state index contributed by atoms with van der Waals surface area (Å²) in [4.78, 5) is 6.85. The second-order valence-corrected chi connectivity index (χ2v) is 6.60. The van der Waals surface area contributed by atoms with Gasteiger partial charge in [-0.1, -0.05) is 54.6 Å². The normalized spacial score (nSPS) is 13.3. The van der Waals surface area contributed by atoms with Crippen molar-refractivity contribution >= 4 is 11.8 Å². The van der Waals surface area contributed by atoms with Crippen molar-refractivity contribution in [1.82, 2.24) is 15.2 Å². The lowest BCUT2D eigenvalue weighted by Gasteiger charge is -2.28. The summed E-state index contributed by atoms with van der Waals surface area (Å²) in [6.45, 7) is 2.64. The molecule has 0 unspecified atom stereocenters. The smallest absolute Gasteiger partial charge is 0.247 e. The molecule has 0 amide bonds. The molecule has 0 saturated carbocycles. The number of aryl methyl sites for hydroxylation is 1. The Morgan fingerprint density at radius 1 is 0.962 bits per heavy atom. The van der Waals surface area contributed by atoms with Gasteiger partial charge in [-0.2, -0.15) is 10.1 Å². The maximum atomic E-state index is 4.66. The summed E-state index contributed by atoms with van der Waals surface area (Å²) in [6, 6.07) is 19.1. The molecule has 4 rings (SSSR count). The first-order valence-electron chi connectivity index (χ1n) is 9.18. The molecule has 1 aromatic heterocycles. The Hall–Kier alpha value is -2.95. The van der Waals surface area contributed by atoms with E-state index in [1.54, 1.807) is 6.20 Å². The van der Waals surface area contributed by atoms with Crippen LogP contribution in [0.4, 0.5) is 11.8 Å². The third kappa shape index (κ3) is 3.99. The van der Waals surface area contributed by atoms with Gasteiger partial charge >= 0.3 is 0 Å². The van der Waals surface area contributed by atoms with Crippen LogP contribution in [0.5, 0.6) is 0 Å². The molecule has 1 aliphatic rings. The minimum Gasteiger partial charge on any atom is -0.369 e. The molecule has 0 fully saturated rings. The molecule has 0 aliphatic carbocycles. The average molecular weight is 345 g/mol. The molecule has 5 heteroatoms. The second-order valence-electron chi connectivity index (χ2n) is 6.60. The summed E-state index contributed by atoms with van der Waals surface area (Å²) in [7, 11) is 0. The van der Waals surface area contributed by atoms with Gasteiger partial charge < -0.3 is 10.2 Å². The van der Waals surface area contributed by atoms with E-state index in [-0.39, 0.29) is 0 Å². The number of hydrogen-bond acceptors (Lipinski definition) is 5. The zero-order valence-electron chi connectivity index (χ0n) is 14.8. The molecule has 5 nitrogen and oxygen atoms in total. The Morgan fingerprint density at radius 3 is 2.65 bits per heavy atom. The molecule has 0 atom stereocenters. The van der Waals surface area contributed by atoms with Crippen molar-refractivity contribution in [2.24, 2.45) is 0 Å². The van der Waals surface area contributed by atoms with Crippen LogP contribution in [-0.4, -0.2) is 28.3 Å². The summed E-state index contributed by atoms with van der Waals surface area (Å²) in [6.07, 6.45) is 4.83. The van der Waals surface area contributed by atoms with Crippen LogP contribution in [0.1, 0.15) is 23.1 Å². The van der Waals surface area contributed by atoms with E-state index in [1.807, 2.05) is 0 Å². The van der Waals surface area contributed by atoms with Crippen LogP contribution < -0.4 is 10.2 Å². The van der Waals surface area contributed by atoms with Crippen LogP contribution >= 0.6 is 0 Å². The molecule has 0 bridgehead atoms. The third-order valence-electron chi connectivity index (χ3n) is 4.75. The van der Waals surface area contributed by atoms with E-state index in [0.717, 1.165) is 44.7 Å². The molecular weight excluding hydrogens is 322 g/mol. The predicted octanol–water partition coefficient (Wildman–Crippen LogP) is 3.48. The number of nitrogens with one attached hydrogen (secondary N) is 1. The molecule has 2 heterocycles. The fourth-order valence-electron chi connectivity index (χ4n) is 3.33. The fraction of sp³-hybridized carbons (Fsp3) is 0.286. The lowest BCUT2D eigenvalue weighted by molar-refractivity contribution is 0.697. The van der Waals surface area contributed by atoms with Crippen LogP contribution in [0.25, 0.3) is 0 Å². The number of nitrogens with zero attached hydrogens (tertiary/aromatic N) is 4. The van der Waals surface area contributed by atoms with Crippen molar-refractivity contribution in [3.05, 3.63) is 77.5 Å². The minimum absolute atomic E-state index is 0.701. The summed E-state index contributed by atoms with van der Waals surface area (Å²) >= 11 is 0. The van der Waals surface area contributed by atoms with Crippen LogP contribution in [-0.2, 0) is 19.4 Å². The highest BCUT2D eigenvalue weighted by molar-refractivity contribution is 5.43. The molecule has 0 spiro atoms. The van der Waals surface area contributed by atoms with Gasteiger partial charge in [-0.25, -0.2) is 0 Å². The summed E-state index contributed by atoms with van der Waals surface area (Å²) < 4.78 is 0. The fourth-order valence-corrected chi connectivity index (χ4v) is 3.33. The van der Waals surface area contributed by atoms with Crippen molar-refractivity contribution in [2.45, 2.75) is 25.8 Å². The molecule has 3 aromatic rings. The van der Waals surface area contributed by atoms with E-state index in [0.29, 0.717) is 5.95 Å². The number of fused-ring (bicyclic) bond motifs is 1. The third-order valence-corrected chi connectivity index (χ3v) is 4.75. The summed E-state index contributed by atoms with van der Waals surface area (Å²) in [5.74, 6) is 1.49. The Kier molecular flexibility index (Phi) is 5.05. The highest BCUT2D eigenvalue weighted by Gasteiger charge is 2.18. The van der Waals surface area contributed by atoms with Crippen molar-refractivity contribution in [3.8, 4) is 0 Å². The highest BCUT2D eigenvalue weighted by atomic mass is 15.3. The topological polar surface area (TPSA) is 53.9 Å². The first-order chi connectivity index (χ1) is 12.9. The lowest BCUT2D eigenvalue weighted by Crippen LogP contribution is -2.32. The maximum Gasteiger partial charge on any atom is 0.247 e. The Bertz CT molecular complexity index is 850. The zero-order chi connectivity index (χ0) is 17.6. The largest absolute Gasteiger partial charge is 0.369 e. The van der Waals surface area contributed by atoms with Crippen LogP contribution in [0, 0.1) is 0 Å². The van der Waals surface area contributed by atoms with E-state index in [9.17, 15) is 0 Å². The van der Waals surface area contributed by atoms with Gasteiger partial charge in [-0.3, -0.25) is 0 Å². The molecule has 2 aromatic carbocycles. The molecule has 0 saturated heterocycles. The van der Waals surface area contributed by atoms with Crippen LogP contribution in [0.2, 0.25) is 0 Å². The molecule has 1 aliphatic heterocycles.